The van der Waals surface area contributed by atoms with E-state index in [4.69, 9.17) is 0 Å². The van der Waals surface area contributed by atoms with Gasteiger partial charge in [0.25, 0.3) is 0 Å². The van der Waals surface area contributed by atoms with E-state index in [0.29, 0.717) is 11.8 Å². The first-order chi connectivity index (χ1) is 10.6. The largest absolute Gasteiger partial charge is 0.412 e. The van der Waals surface area contributed by atoms with Gasteiger partial charge in [-0.05, 0) is 74.0 Å². The first-order valence-corrected chi connectivity index (χ1v) is 9.84. The third kappa shape index (κ3) is 5.61. The highest BCUT2D eigenvalue weighted by atomic mass is 19.2. The fourth-order valence-corrected chi connectivity index (χ4v) is 5.60. The van der Waals surface area contributed by atoms with Gasteiger partial charge in [0.2, 0.25) is 0 Å². The molecule has 3 nitrogen and oxygen atoms in total. The van der Waals surface area contributed by atoms with Crippen LogP contribution in [0.4, 0.5) is 8.78 Å². The fraction of sp³-hybridized carbons (Fsp3) is 1.00. The molecule has 5 heteroatoms. The Hall–Kier alpha value is -0.260. The van der Waals surface area contributed by atoms with Crippen molar-refractivity contribution in [2.45, 2.75) is 90.4 Å². The SMILES string of the molecule is CC1CCC(C2CCC(C3CCC(C)CC3)C(F)C2F)CC1.O.O.O. The molecule has 3 saturated carbocycles. The Bertz CT molecular complexity index is 319. The molecule has 0 aliphatic heterocycles. The van der Waals surface area contributed by atoms with Gasteiger partial charge in [0.1, 0.15) is 12.3 Å². The minimum atomic E-state index is -1.18. The predicted molar refractivity (Wildman–Crippen MR) is 99.1 cm³/mol. The van der Waals surface area contributed by atoms with E-state index in [-0.39, 0.29) is 28.3 Å². The molecule has 0 aromatic heterocycles. The van der Waals surface area contributed by atoms with E-state index in [9.17, 15) is 8.78 Å². The van der Waals surface area contributed by atoms with E-state index in [1.165, 1.54) is 25.7 Å². The summed E-state index contributed by atoms with van der Waals surface area (Å²) in [4.78, 5) is 0. The van der Waals surface area contributed by atoms with Crippen LogP contribution in [-0.2, 0) is 0 Å². The minimum Gasteiger partial charge on any atom is -0.412 e. The quantitative estimate of drug-likeness (QED) is 0.709. The summed E-state index contributed by atoms with van der Waals surface area (Å²) < 4.78 is 29.7. The smallest absolute Gasteiger partial charge is 0.134 e. The van der Waals surface area contributed by atoms with Crippen LogP contribution in [-0.4, -0.2) is 28.8 Å². The van der Waals surface area contributed by atoms with Crippen molar-refractivity contribution in [2.75, 3.05) is 0 Å². The summed E-state index contributed by atoms with van der Waals surface area (Å²) in [6, 6.07) is 0. The number of hydrogen-bond donors (Lipinski definition) is 0. The molecule has 0 aromatic carbocycles. The first kappa shape index (κ1) is 24.7. The van der Waals surface area contributed by atoms with Crippen LogP contribution in [0.1, 0.15) is 78.1 Å². The van der Waals surface area contributed by atoms with E-state index < -0.39 is 12.3 Å². The summed E-state index contributed by atoms with van der Waals surface area (Å²) in [5.41, 5.74) is 0. The lowest BCUT2D eigenvalue weighted by Gasteiger charge is -2.44. The van der Waals surface area contributed by atoms with Gasteiger partial charge in [-0.1, -0.05) is 39.5 Å². The van der Waals surface area contributed by atoms with Crippen molar-refractivity contribution in [1.29, 1.82) is 0 Å². The fourth-order valence-electron chi connectivity index (χ4n) is 5.60. The average molecular weight is 367 g/mol. The molecule has 0 radical (unpaired) electrons. The standard InChI is InChI=1S/C20H34F2.3H2O/c1-13-3-7-15(8-4-13)17-11-12-18(20(22)19(17)21)16-9-5-14(2)6-10-16;;;/h13-20H,3-12H2,1-2H3;3*1H2. The summed E-state index contributed by atoms with van der Waals surface area (Å²) in [5.74, 6) is 2.52. The molecule has 4 atom stereocenters. The molecule has 152 valence electrons. The minimum absolute atomic E-state index is 0. The predicted octanol–water partition coefficient (Wildman–Crippen LogP) is 3.87. The second-order valence-corrected chi connectivity index (χ2v) is 8.83. The van der Waals surface area contributed by atoms with Gasteiger partial charge < -0.3 is 16.4 Å². The van der Waals surface area contributed by atoms with Crippen molar-refractivity contribution in [3.05, 3.63) is 0 Å². The summed E-state index contributed by atoms with van der Waals surface area (Å²) in [7, 11) is 0. The molecule has 0 spiro atoms. The molecule has 3 rings (SSSR count). The lowest BCUT2D eigenvalue weighted by molar-refractivity contribution is -0.0359. The molecule has 0 saturated heterocycles. The van der Waals surface area contributed by atoms with Crippen LogP contribution in [0.3, 0.4) is 0 Å². The van der Waals surface area contributed by atoms with E-state index in [1.54, 1.807) is 0 Å². The molecule has 0 heterocycles. The van der Waals surface area contributed by atoms with E-state index >= 15 is 0 Å². The Balaban J connectivity index is 0.00000192. The van der Waals surface area contributed by atoms with Crippen molar-refractivity contribution in [1.82, 2.24) is 0 Å². The molecule has 4 unspecified atom stereocenters. The number of halogens is 2. The Morgan fingerprint density at radius 3 is 1.04 bits per heavy atom. The Labute approximate surface area is 151 Å². The number of hydrogen-bond acceptors (Lipinski definition) is 0. The van der Waals surface area contributed by atoms with Crippen LogP contribution in [0.15, 0.2) is 0 Å². The zero-order valence-electron chi connectivity index (χ0n) is 15.9. The van der Waals surface area contributed by atoms with Gasteiger partial charge in [-0.15, -0.1) is 0 Å². The van der Waals surface area contributed by atoms with Crippen molar-refractivity contribution in [3.8, 4) is 0 Å². The maximum absolute atomic E-state index is 14.8. The second-order valence-electron chi connectivity index (χ2n) is 8.83. The summed E-state index contributed by atoms with van der Waals surface area (Å²) in [5, 5.41) is 0. The number of alkyl halides is 2. The van der Waals surface area contributed by atoms with Crippen LogP contribution in [0.25, 0.3) is 0 Å². The van der Waals surface area contributed by atoms with Gasteiger partial charge in [0.15, 0.2) is 0 Å². The third-order valence-corrected chi connectivity index (χ3v) is 7.29. The molecule has 0 bridgehead atoms. The van der Waals surface area contributed by atoms with Gasteiger partial charge in [-0.25, -0.2) is 8.78 Å². The van der Waals surface area contributed by atoms with Crippen LogP contribution >= 0.6 is 0 Å². The molecule has 0 aromatic rings. The Morgan fingerprint density at radius 2 is 0.760 bits per heavy atom. The molecule has 0 amide bonds. The van der Waals surface area contributed by atoms with E-state index in [1.807, 2.05) is 0 Å². The monoisotopic (exact) mass is 366 g/mol. The third-order valence-electron chi connectivity index (χ3n) is 7.29. The molecular formula is C20H40F2O3. The van der Waals surface area contributed by atoms with Crippen molar-refractivity contribution < 1.29 is 25.2 Å². The summed E-state index contributed by atoms with van der Waals surface area (Å²) >= 11 is 0. The lowest BCUT2D eigenvalue weighted by Crippen LogP contribution is -2.45. The number of rotatable bonds is 2. The lowest BCUT2D eigenvalue weighted by atomic mass is 9.64. The van der Waals surface area contributed by atoms with Gasteiger partial charge in [-0.2, -0.15) is 0 Å². The molecular weight excluding hydrogens is 326 g/mol. The highest BCUT2D eigenvalue weighted by Gasteiger charge is 2.46. The topological polar surface area (TPSA) is 94.5 Å². The van der Waals surface area contributed by atoms with Crippen molar-refractivity contribution in [3.63, 3.8) is 0 Å². The summed E-state index contributed by atoms with van der Waals surface area (Å²) in [6.07, 6.45) is 8.90. The van der Waals surface area contributed by atoms with Crippen LogP contribution in [0.5, 0.6) is 0 Å². The highest BCUT2D eigenvalue weighted by molar-refractivity contribution is 4.95. The normalized spacial score (nSPS) is 44.6. The maximum atomic E-state index is 14.8. The molecule has 3 aliphatic rings. The Morgan fingerprint density at radius 1 is 0.480 bits per heavy atom. The zero-order valence-corrected chi connectivity index (χ0v) is 15.9. The van der Waals surface area contributed by atoms with Crippen LogP contribution in [0.2, 0.25) is 0 Å². The summed E-state index contributed by atoms with van der Waals surface area (Å²) in [6.45, 7) is 4.59. The maximum Gasteiger partial charge on any atom is 0.134 e. The van der Waals surface area contributed by atoms with Crippen LogP contribution in [0, 0.1) is 35.5 Å². The van der Waals surface area contributed by atoms with Crippen molar-refractivity contribution >= 4 is 0 Å². The van der Waals surface area contributed by atoms with E-state index in [2.05, 4.69) is 13.8 Å². The average Bonchev–Trinajstić information content (AvgIpc) is 2.52. The Kier molecular flexibility index (Phi) is 10.7. The molecule has 6 N–H and O–H groups in total. The first-order valence-electron chi connectivity index (χ1n) is 9.84. The van der Waals surface area contributed by atoms with Gasteiger partial charge in [-0.3, -0.25) is 0 Å². The molecule has 3 fully saturated rings. The van der Waals surface area contributed by atoms with Gasteiger partial charge in [0.05, 0.1) is 0 Å². The zero-order chi connectivity index (χ0) is 15.7. The van der Waals surface area contributed by atoms with E-state index in [0.717, 1.165) is 50.4 Å². The van der Waals surface area contributed by atoms with Gasteiger partial charge >= 0.3 is 0 Å². The molecule has 3 aliphatic carbocycles. The van der Waals surface area contributed by atoms with Crippen LogP contribution < -0.4 is 0 Å². The molecule has 25 heavy (non-hydrogen) atoms. The highest BCUT2D eigenvalue weighted by Crippen LogP contribution is 2.47. The van der Waals surface area contributed by atoms with Gasteiger partial charge in [0, 0.05) is 0 Å². The van der Waals surface area contributed by atoms with Crippen molar-refractivity contribution in [2.24, 2.45) is 35.5 Å². The second kappa shape index (κ2) is 10.8.